The number of thiophene rings is 2. The molecule has 8 heteroatoms. The summed E-state index contributed by atoms with van der Waals surface area (Å²) in [6.07, 6.45) is 0. The first-order valence-electron chi connectivity index (χ1n) is 5.69. The van der Waals surface area contributed by atoms with E-state index < -0.39 is 10.0 Å². The third kappa shape index (κ3) is 3.45. The molecule has 2 rings (SSSR count). The maximum atomic E-state index is 12.5. The van der Waals surface area contributed by atoms with Gasteiger partial charge in [0.2, 0.25) is 0 Å². The molecule has 0 aliphatic carbocycles. The van der Waals surface area contributed by atoms with Crippen LogP contribution >= 0.6 is 50.2 Å². The molecule has 0 spiro atoms. The number of aryl methyl sites for hydroxylation is 1. The zero-order chi connectivity index (χ0) is 14.9. The van der Waals surface area contributed by atoms with Crippen LogP contribution in [0, 0.1) is 6.92 Å². The van der Waals surface area contributed by atoms with Gasteiger partial charge in [-0.2, -0.15) is 4.31 Å². The highest BCUT2D eigenvalue weighted by molar-refractivity contribution is 9.10. The minimum atomic E-state index is -3.46. The van der Waals surface area contributed by atoms with E-state index in [1.807, 2.05) is 18.4 Å². The van der Waals surface area contributed by atoms with Crippen LogP contribution in [-0.4, -0.2) is 19.8 Å². The summed E-state index contributed by atoms with van der Waals surface area (Å²) in [5.74, 6) is 0.341. The van der Waals surface area contributed by atoms with Crippen molar-refractivity contribution in [1.82, 2.24) is 4.31 Å². The summed E-state index contributed by atoms with van der Waals surface area (Å²) in [5, 5.41) is 1.94. The summed E-state index contributed by atoms with van der Waals surface area (Å²) in [4.78, 5) is 1.89. The normalized spacial score (nSPS) is 12.2. The van der Waals surface area contributed by atoms with Crippen molar-refractivity contribution in [2.75, 3.05) is 7.05 Å². The number of alkyl halides is 1. The second kappa shape index (κ2) is 6.46. The molecule has 20 heavy (non-hydrogen) atoms. The number of sulfonamides is 1. The average molecular weight is 415 g/mol. The van der Waals surface area contributed by atoms with Gasteiger partial charge in [-0.05, 0) is 40.5 Å². The van der Waals surface area contributed by atoms with E-state index in [0.717, 1.165) is 19.8 Å². The van der Waals surface area contributed by atoms with Crippen molar-refractivity contribution in [3.63, 3.8) is 0 Å². The monoisotopic (exact) mass is 413 g/mol. The van der Waals surface area contributed by atoms with Crippen molar-refractivity contribution in [3.05, 3.63) is 37.3 Å². The van der Waals surface area contributed by atoms with Crippen molar-refractivity contribution in [2.45, 2.75) is 23.6 Å². The highest BCUT2D eigenvalue weighted by Gasteiger charge is 2.24. The molecular formula is C12H13BrClNO2S3. The van der Waals surface area contributed by atoms with Gasteiger partial charge in [-0.15, -0.1) is 34.3 Å². The molecule has 110 valence electrons. The summed E-state index contributed by atoms with van der Waals surface area (Å²) in [7, 11) is -1.86. The predicted molar refractivity (Wildman–Crippen MR) is 89.3 cm³/mol. The quantitative estimate of drug-likeness (QED) is 0.678. The predicted octanol–water partition coefficient (Wildman–Crippen LogP) is 4.44. The van der Waals surface area contributed by atoms with Gasteiger partial charge >= 0.3 is 0 Å². The molecule has 0 radical (unpaired) electrons. The van der Waals surface area contributed by atoms with Gasteiger partial charge < -0.3 is 0 Å². The minimum absolute atomic E-state index is 0.341. The third-order valence-corrected chi connectivity index (χ3v) is 8.38. The summed E-state index contributed by atoms with van der Waals surface area (Å²) in [5.41, 5.74) is 0.927. The molecular weight excluding hydrogens is 402 g/mol. The fourth-order valence-electron chi connectivity index (χ4n) is 1.64. The number of nitrogens with zero attached hydrogens (tertiary/aromatic N) is 1. The Morgan fingerprint density at radius 2 is 2.10 bits per heavy atom. The van der Waals surface area contributed by atoms with E-state index in [-0.39, 0.29) is 0 Å². The Kier molecular flexibility index (Phi) is 5.31. The lowest BCUT2D eigenvalue weighted by Gasteiger charge is -2.14. The smallest absolute Gasteiger partial charge is 0.206 e. The van der Waals surface area contributed by atoms with Crippen molar-refractivity contribution in [3.8, 4) is 0 Å². The van der Waals surface area contributed by atoms with Crippen LogP contribution in [0.25, 0.3) is 0 Å². The molecule has 0 atom stereocenters. The molecule has 0 bridgehead atoms. The van der Waals surface area contributed by atoms with Crippen molar-refractivity contribution in [2.24, 2.45) is 0 Å². The lowest BCUT2D eigenvalue weighted by Crippen LogP contribution is -2.25. The van der Waals surface area contributed by atoms with Crippen LogP contribution in [0.15, 0.2) is 26.2 Å². The zero-order valence-electron chi connectivity index (χ0n) is 10.9. The van der Waals surface area contributed by atoms with E-state index in [1.54, 1.807) is 13.1 Å². The topological polar surface area (TPSA) is 37.4 Å². The third-order valence-electron chi connectivity index (χ3n) is 2.78. The van der Waals surface area contributed by atoms with Gasteiger partial charge in [0.25, 0.3) is 10.0 Å². The van der Waals surface area contributed by atoms with Gasteiger partial charge in [0.05, 0.1) is 5.88 Å². The first-order valence-corrected chi connectivity index (χ1v) is 10.2. The lowest BCUT2D eigenvalue weighted by molar-refractivity contribution is 0.471. The Hall–Kier alpha value is 0.0800. The number of halogens is 2. The number of hydrogen-bond donors (Lipinski definition) is 0. The fourth-order valence-corrected chi connectivity index (χ4v) is 6.40. The van der Waals surface area contributed by atoms with Gasteiger partial charge in [0, 0.05) is 33.2 Å². The van der Waals surface area contributed by atoms with Crippen molar-refractivity contribution >= 4 is 60.2 Å². The Morgan fingerprint density at radius 3 is 2.60 bits per heavy atom. The second-order valence-electron chi connectivity index (χ2n) is 4.30. The highest BCUT2D eigenvalue weighted by atomic mass is 79.9. The highest BCUT2D eigenvalue weighted by Crippen LogP contribution is 2.30. The lowest BCUT2D eigenvalue weighted by atomic mass is 10.3. The van der Waals surface area contributed by atoms with Gasteiger partial charge in [-0.1, -0.05) is 0 Å². The van der Waals surface area contributed by atoms with Crippen molar-refractivity contribution in [1.29, 1.82) is 0 Å². The minimum Gasteiger partial charge on any atom is -0.206 e. The number of hydrogen-bond acceptors (Lipinski definition) is 4. The zero-order valence-corrected chi connectivity index (χ0v) is 15.7. The molecule has 0 aliphatic rings. The van der Waals surface area contributed by atoms with E-state index in [9.17, 15) is 8.42 Å². The molecule has 0 saturated carbocycles. The summed E-state index contributed by atoms with van der Waals surface area (Å²) < 4.78 is 27.7. The Morgan fingerprint density at radius 1 is 1.40 bits per heavy atom. The van der Waals surface area contributed by atoms with E-state index in [1.165, 1.54) is 27.0 Å². The largest absolute Gasteiger partial charge is 0.252 e. The maximum absolute atomic E-state index is 12.5. The molecule has 2 heterocycles. The molecule has 0 unspecified atom stereocenters. The molecule has 3 nitrogen and oxygen atoms in total. The van der Waals surface area contributed by atoms with Crippen LogP contribution in [0.2, 0.25) is 0 Å². The van der Waals surface area contributed by atoms with Crippen LogP contribution in [0.3, 0.4) is 0 Å². The molecule has 0 fully saturated rings. The summed E-state index contributed by atoms with van der Waals surface area (Å²) >= 11 is 12.0. The summed E-state index contributed by atoms with van der Waals surface area (Å²) in [6, 6.07) is 3.62. The van der Waals surface area contributed by atoms with Gasteiger partial charge in [-0.25, -0.2) is 8.42 Å². The van der Waals surface area contributed by atoms with Crippen LogP contribution in [-0.2, 0) is 22.4 Å². The first-order chi connectivity index (χ1) is 9.34. The van der Waals surface area contributed by atoms with E-state index in [2.05, 4.69) is 15.9 Å². The van der Waals surface area contributed by atoms with E-state index in [0.29, 0.717) is 16.6 Å². The Balaban J connectivity index is 2.24. The van der Waals surface area contributed by atoms with Gasteiger partial charge in [0.15, 0.2) is 0 Å². The molecule has 2 aromatic rings. The van der Waals surface area contributed by atoms with Gasteiger partial charge in [0.1, 0.15) is 4.21 Å². The SMILES string of the molecule is Cc1cc(S(=O)(=O)N(C)Cc2cc(Br)cs2)sc1CCl. The second-order valence-corrected chi connectivity index (χ2v) is 9.88. The molecule has 0 N–H and O–H groups in total. The standard InChI is InChI=1S/C12H13BrClNO2S3/c1-8-3-12(19-11(8)5-14)20(16,17)15(2)6-10-4-9(13)7-18-10/h3-4,7H,5-6H2,1-2H3. The summed E-state index contributed by atoms with van der Waals surface area (Å²) in [6.45, 7) is 2.25. The Labute approximate surface area is 140 Å². The van der Waals surface area contributed by atoms with Gasteiger partial charge in [-0.3, -0.25) is 0 Å². The van der Waals surface area contributed by atoms with E-state index in [4.69, 9.17) is 11.6 Å². The van der Waals surface area contributed by atoms with Crippen LogP contribution in [0.1, 0.15) is 15.3 Å². The fraction of sp³-hybridized carbons (Fsp3) is 0.333. The van der Waals surface area contributed by atoms with Crippen LogP contribution in [0.4, 0.5) is 0 Å². The van der Waals surface area contributed by atoms with E-state index >= 15 is 0 Å². The average Bonchev–Trinajstić information content (AvgIpc) is 2.95. The molecule has 0 amide bonds. The van der Waals surface area contributed by atoms with Crippen molar-refractivity contribution < 1.29 is 8.42 Å². The molecule has 0 aromatic carbocycles. The molecule has 2 aromatic heterocycles. The molecule has 0 saturated heterocycles. The number of rotatable bonds is 5. The Bertz CT molecular complexity index is 708. The van der Waals surface area contributed by atoms with Crippen LogP contribution < -0.4 is 0 Å². The van der Waals surface area contributed by atoms with Crippen LogP contribution in [0.5, 0.6) is 0 Å². The first kappa shape index (κ1) is 16.5. The maximum Gasteiger partial charge on any atom is 0.252 e. The molecule has 0 aliphatic heterocycles.